The Hall–Kier alpha value is -1.27. The quantitative estimate of drug-likeness (QED) is 0.774. The van der Waals surface area contributed by atoms with Gasteiger partial charge in [0.25, 0.3) is 5.91 Å². The highest BCUT2D eigenvalue weighted by Gasteiger charge is 2.14. The first-order valence-corrected chi connectivity index (χ1v) is 7.49. The van der Waals surface area contributed by atoms with Crippen LogP contribution in [-0.2, 0) is 4.79 Å². The number of benzene rings is 2. The fourth-order valence-electron chi connectivity index (χ4n) is 1.58. The molecule has 104 valence electrons. The molecule has 20 heavy (non-hydrogen) atoms. The van der Waals surface area contributed by atoms with Crippen LogP contribution in [0, 0.1) is 3.57 Å². The standard InChI is InChI=1S/C15H13ClINO2/c1-10(20-14-4-2-3-11(16)9-14)15(19)18-13-7-5-12(17)6-8-13/h2-10H,1H3,(H,18,19)/t10-/m0/s1. The molecule has 0 aromatic heterocycles. The largest absolute Gasteiger partial charge is 0.481 e. The molecule has 0 aliphatic carbocycles. The lowest BCUT2D eigenvalue weighted by Crippen LogP contribution is -2.30. The van der Waals surface area contributed by atoms with Crippen LogP contribution >= 0.6 is 34.2 Å². The van der Waals surface area contributed by atoms with Crippen LogP contribution in [0.5, 0.6) is 5.75 Å². The number of hydrogen-bond acceptors (Lipinski definition) is 2. The fourth-order valence-corrected chi connectivity index (χ4v) is 2.11. The molecule has 1 N–H and O–H groups in total. The van der Waals surface area contributed by atoms with E-state index in [4.69, 9.17) is 16.3 Å². The van der Waals surface area contributed by atoms with Crippen molar-refractivity contribution in [2.75, 3.05) is 5.32 Å². The summed E-state index contributed by atoms with van der Waals surface area (Å²) in [5.41, 5.74) is 0.747. The van der Waals surface area contributed by atoms with Gasteiger partial charge < -0.3 is 10.1 Å². The van der Waals surface area contributed by atoms with Gasteiger partial charge in [0.1, 0.15) is 5.75 Å². The molecule has 0 saturated carbocycles. The number of carbonyl (C=O) groups excluding carboxylic acids is 1. The zero-order valence-electron chi connectivity index (χ0n) is 10.8. The highest BCUT2D eigenvalue weighted by molar-refractivity contribution is 14.1. The van der Waals surface area contributed by atoms with Crippen molar-refractivity contribution in [1.82, 2.24) is 0 Å². The monoisotopic (exact) mass is 401 g/mol. The van der Waals surface area contributed by atoms with E-state index in [-0.39, 0.29) is 5.91 Å². The second-order valence-electron chi connectivity index (χ2n) is 4.21. The predicted octanol–water partition coefficient (Wildman–Crippen LogP) is 4.35. The van der Waals surface area contributed by atoms with Crippen molar-refractivity contribution in [2.24, 2.45) is 0 Å². The number of nitrogens with one attached hydrogen (secondary N) is 1. The van der Waals surface area contributed by atoms with Crippen LogP contribution in [0.1, 0.15) is 6.92 Å². The summed E-state index contributed by atoms with van der Waals surface area (Å²) in [6.07, 6.45) is -0.604. The molecule has 0 heterocycles. The van der Waals surface area contributed by atoms with Crippen molar-refractivity contribution in [3.05, 3.63) is 57.1 Å². The zero-order valence-corrected chi connectivity index (χ0v) is 13.7. The second-order valence-corrected chi connectivity index (χ2v) is 5.90. The first kappa shape index (κ1) is 15.1. The van der Waals surface area contributed by atoms with Crippen molar-refractivity contribution in [2.45, 2.75) is 13.0 Å². The lowest BCUT2D eigenvalue weighted by atomic mass is 10.3. The van der Waals surface area contributed by atoms with E-state index in [0.29, 0.717) is 10.8 Å². The molecule has 1 amide bonds. The average Bonchev–Trinajstić information content (AvgIpc) is 2.41. The molecule has 2 aromatic carbocycles. The molecule has 2 aromatic rings. The van der Waals surface area contributed by atoms with Gasteiger partial charge in [0, 0.05) is 14.3 Å². The van der Waals surface area contributed by atoms with Gasteiger partial charge in [0.2, 0.25) is 0 Å². The van der Waals surface area contributed by atoms with Gasteiger partial charge in [-0.1, -0.05) is 17.7 Å². The molecular weight excluding hydrogens is 389 g/mol. The number of rotatable bonds is 4. The molecule has 0 bridgehead atoms. The molecule has 3 nitrogen and oxygen atoms in total. The summed E-state index contributed by atoms with van der Waals surface area (Å²) >= 11 is 8.08. The van der Waals surface area contributed by atoms with Crippen LogP contribution in [0.4, 0.5) is 5.69 Å². The molecule has 0 saturated heterocycles. The highest BCUT2D eigenvalue weighted by Crippen LogP contribution is 2.19. The van der Waals surface area contributed by atoms with E-state index >= 15 is 0 Å². The Balaban J connectivity index is 1.96. The number of halogens is 2. The Kier molecular flexibility index (Phi) is 5.25. The van der Waals surface area contributed by atoms with E-state index in [1.807, 2.05) is 24.3 Å². The molecule has 0 radical (unpaired) electrons. The van der Waals surface area contributed by atoms with Crippen LogP contribution in [-0.4, -0.2) is 12.0 Å². The summed E-state index contributed by atoms with van der Waals surface area (Å²) in [6.45, 7) is 1.70. The highest BCUT2D eigenvalue weighted by atomic mass is 127. The molecule has 0 aliphatic rings. The van der Waals surface area contributed by atoms with E-state index in [0.717, 1.165) is 9.26 Å². The van der Waals surface area contributed by atoms with Crippen molar-refractivity contribution in [1.29, 1.82) is 0 Å². The van der Waals surface area contributed by atoms with Crippen molar-refractivity contribution < 1.29 is 9.53 Å². The normalized spacial score (nSPS) is 11.8. The zero-order chi connectivity index (χ0) is 14.5. The summed E-state index contributed by atoms with van der Waals surface area (Å²) in [5.74, 6) is 0.369. The number of hydrogen-bond donors (Lipinski definition) is 1. The van der Waals surface area contributed by atoms with E-state index in [9.17, 15) is 4.79 Å². The number of anilines is 1. The van der Waals surface area contributed by atoms with Crippen molar-refractivity contribution in [3.63, 3.8) is 0 Å². The summed E-state index contributed by atoms with van der Waals surface area (Å²) < 4.78 is 6.67. The Morgan fingerprint density at radius 2 is 1.95 bits per heavy atom. The number of amides is 1. The molecule has 2 rings (SSSR count). The van der Waals surface area contributed by atoms with Crippen LogP contribution in [0.15, 0.2) is 48.5 Å². The molecule has 1 atom stereocenters. The molecule has 0 spiro atoms. The first-order chi connectivity index (χ1) is 9.54. The SMILES string of the molecule is C[C@H](Oc1cccc(Cl)c1)C(=O)Nc1ccc(I)cc1. The smallest absolute Gasteiger partial charge is 0.265 e. The third-order valence-electron chi connectivity index (χ3n) is 2.59. The lowest BCUT2D eigenvalue weighted by molar-refractivity contribution is -0.122. The van der Waals surface area contributed by atoms with E-state index < -0.39 is 6.10 Å². The van der Waals surface area contributed by atoms with Crippen LogP contribution in [0.2, 0.25) is 5.02 Å². The van der Waals surface area contributed by atoms with Gasteiger partial charge in [-0.05, 0) is 72.0 Å². The Bertz CT molecular complexity index is 601. The van der Waals surface area contributed by atoms with Gasteiger partial charge in [0.15, 0.2) is 6.10 Å². The molecule has 0 fully saturated rings. The summed E-state index contributed by atoms with van der Waals surface area (Å²) in [6, 6.07) is 14.5. The molecular formula is C15H13ClINO2. The van der Waals surface area contributed by atoms with E-state index in [1.54, 1.807) is 31.2 Å². The predicted molar refractivity (Wildman–Crippen MR) is 89.3 cm³/mol. The summed E-state index contributed by atoms with van der Waals surface area (Å²) in [4.78, 5) is 12.0. The number of ether oxygens (including phenoxy) is 1. The molecule has 5 heteroatoms. The van der Waals surface area contributed by atoms with Gasteiger partial charge >= 0.3 is 0 Å². The third kappa shape index (κ3) is 4.38. The number of carbonyl (C=O) groups is 1. The summed E-state index contributed by atoms with van der Waals surface area (Å²) in [5, 5.41) is 3.38. The maximum absolute atomic E-state index is 12.0. The maximum Gasteiger partial charge on any atom is 0.265 e. The van der Waals surface area contributed by atoms with Crippen LogP contribution in [0.25, 0.3) is 0 Å². The van der Waals surface area contributed by atoms with Crippen molar-refractivity contribution >= 4 is 45.8 Å². The Morgan fingerprint density at radius 3 is 2.60 bits per heavy atom. The minimum Gasteiger partial charge on any atom is -0.481 e. The first-order valence-electron chi connectivity index (χ1n) is 6.03. The topological polar surface area (TPSA) is 38.3 Å². The molecule has 0 aliphatic heterocycles. The maximum atomic E-state index is 12.0. The summed E-state index contributed by atoms with van der Waals surface area (Å²) in [7, 11) is 0. The minimum absolute atomic E-state index is 0.203. The lowest BCUT2D eigenvalue weighted by Gasteiger charge is -2.15. The third-order valence-corrected chi connectivity index (χ3v) is 3.54. The van der Waals surface area contributed by atoms with Gasteiger partial charge in [-0.25, -0.2) is 0 Å². The average molecular weight is 402 g/mol. The van der Waals surface area contributed by atoms with Crippen molar-refractivity contribution in [3.8, 4) is 5.75 Å². The minimum atomic E-state index is -0.604. The van der Waals surface area contributed by atoms with Gasteiger partial charge in [0.05, 0.1) is 0 Å². The fraction of sp³-hybridized carbons (Fsp3) is 0.133. The van der Waals surface area contributed by atoms with Gasteiger partial charge in [-0.15, -0.1) is 0 Å². The van der Waals surface area contributed by atoms with E-state index in [2.05, 4.69) is 27.9 Å². The van der Waals surface area contributed by atoms with Crippen LogP contribution < -0.4 is 10.1 Å². The van der Waals surface area contributed by atoms with Gasteiger partial charge in [-0.2, -0.15) is 0 Å². The van der Waals surface area contributed by atoms with Crippen LogP contribution in [0.3, 0.4) is 0 Å². The van der Waals surface area contributed by atoms with E-state index in [1.165, 1.54) is 0 Å². The Labute approximate surface area is 136 Å². The second kappa shape index (κ2) is 6.95. The van der Waals surface area contributed by atoms with Gasteiger partial charge in [-0.3, -0.25) is 4.79 Å². The Morgan fingerprint density at radius 1 is 1.25 bits per heavy atom. The molecule has 0 unspecified atom stereocenters.